The minimum Gasteiger partial charge on any atom is -0.378 e. The van der Waals surface area contributed by atoms with E-state index in [4.69, 9.17) is 11.6 Å². The molecule has 0 saturated heterocycles. The van der Waals surface area contributed by atoms with Crippen LogP contribution in [0.2, 0.25) is 5.02 Å². The van der Waals surface area contributed by atoms with Gasteiger partial charge in [0.1, 0.15) is 0 Å². The minimum atomic E-state index is 0.177. The number of aromatic nitrogens is 2. The second-order valence-corrected chi connectivity index (χ2v) is 8.46. The first-order valence-electron chi connectivity index (χ1n) is 10.4. The molecule has 0 radical (unpaired) electrons. The summed E-state index contributed by atoms with van der Waals surface area (Å²) in [5.74, 6) is 0. The molecule has 2 aromatic carbocycles. The summed E-state index contributed by atoms with van der Waals surface area (Å²) in [7, 11) is 1.95. The van der Waals surface area contributed by atoms with E-state index in [0.717, 1.165) is 35.7 Å². The Balaban J connectivity index is 1.58. The van der Waals surface area contributed by atoms with Crippen LogP contribution in [-0.2, 0) is 7.05 Å². The summed E-state index contributed by atoms with van der Waals surface area (Å²) < 4.78 is 1.84. The maximum Gasteiger partial charge on any atom is 0.0988 e. The quantitative estimate of drug-likeness (QED) is 0.580. The average molecular weight is 421 g/mol. The molecular weight excluding hydrogens is 396 g/mol. The summed E-state index contributed by atoms with van der Waals surface area (Å²) in [5, 5.41) is 20.0. The van der Waals surface area contributed by atoms with Crippen molar-refractivity contribution in [1.29, 1.82) is 0 Å². The van der Waals surface area contributed by atoms with Crippen LogP contribution in [0.15, 0.2) is 65.2 Å². The third-order valence-corrected chi connectivity index (χ3v) is 6.32. The standard InChI is InChI=1S/C23H25ClN6/c1-3-21-23-19-9-4-15(16-13-25-29(2)14-16)12-20(19)22(10-11-30(23)28-27-21)26-18-7-5-17(24)6-8-18/h4-9,12-14,21-23,26H,3,10-11H2,1-2H3. The van der Waals surface area contributed by atoms with Gasteiger partial charge in [-0.2, -0.15) is 10.2 Å². The molecule has 1 N–H and O–H groups in total. The molecule has 7 heteroatoms. The Morgan fingerprint density at radius 2 is 1.93 bits per heavy atom. The van der Waals surface area contributed by atoms with Crippen LogP contribution in [0.4, 0.5) is 5.69 Å². The number of hydrogen-bond acceptors (Lipinski definition) is 5. The summed E-state index contributed by atoms with van der Waals surface area (Å²) >= 11 is 6.08. The molecule has 0 spiro atoms. The predicted octanol–water partition coefficient (Wildman–Crippen LogP) is 5.80. The van der Waals surface area contributed by atoms with Gasteiger partial charge in [0.2, 0.25) is 0 Å². The molecule has 2 aliphatic rings. The van der Waals surface area contributed by atoms with E-state index in [9.17, 15) is 0 Å². The van der Waals surface area contributed by atoms with Gasteiger partial charge in [-0.3, -0.25) is 9.69 Å². The highest BCUT2D eigenvalue weighted by Crippen LogP contribution is 2.43. The lowest BCUT2D eigenvalue weighted by Gasteiger charge is -2.25. The van der Waals surface area contributed by atoms with E-state index in [1.54, 1.807) is 0 Å². The van der Waals surface area contributed by atoms with Gasteiger partial charge in [0.05, 0.1) is 24.3 Å². The number of anilines is 1. The molecule has 6 nitrogen and oxygen atoms in total. The number of hydrogen-bond donors (Lipinski definition) is 1. The number of nitrogens with zero attached hydrogens (tertiary/aromatic N) is 5. The van der Waals surface area contributed by atoms with Crippen LogP contribution in [0.1, 0.15) is 43.0 Å². The van der Waals surface area contributed by atoms with Crippen LogP contribution in [0.5, 0.6) is 0 Å². The zero-order chi connectivity index (χ0) is 20.7. The minimum absolute atomic E-state index is 0.177. The highest BCUT2D eigenvalue weighted by atomic mass is 35.5. The van der Waals surface area contributed by atoms with E-state index in [-0.39, 0.29) is 18.1 Å². The van der Waals surface area contributed by atoms with E-state index in [1.165, 1.54) is 16.7 Å². The lowest BCUT2D eigenvalue weighted by atomic mass is 9.89. The summed E-state index contributed by atoms with van der Waals surface area (Å²) in [4.78, 5) is 0. The van der Waals surface area contributed by atoms with Gasteiger partial charge in [0, 0.05) is 36.1 Å². The number of halogens is 1. The molecule has 3 aromatic rings. The van der Waals surface area contributed by atoms with Crippen LogP contribution in [-0.4, -0.2) is 27.4 Å². The molecule has 2 aliphatic heterocycles. The molecule has 0 amide bonds. The van der Waals surface area contributed by atoms with E-state index in [0.29, 0.717) is 0 Å². The average Bonchev–Trinajstić information content (AvgIpc) is 3.34. The van der Waals surface area contributed by atoms with Gasteiger partial charge in [-0.25, -0.2) is 0 Å². The van der Waals surface area contributed by atoms with Crippen molar-refractivity contribution in [2.24, 2.45) is 17.4 Å². The van der Waals surface area contributed by atoms with Crippen LogP contribution in [0, 0.1) is 0 Å². The molecule has 0 aliphatic carbocycles. The Bertz CT molecular complexity index is 1070. The molecule has 0 fully saturated rings. The lowest BCUT2D eigenvalue weighted by molar-refractivity contribution is 0.222. The molecule has 0 saturated carbocycles. The second kappa shape index (κ2) is 7.76. The topological polar surface area (TPSA) is 57.8 Å². The van der Waals surface area contributed by atoms with Crippen molar-refractivity contribution in [3.8, 4) is 11.1 Å². The van der Waals surface area contributed by atoms with Gasteiger partial charge in [0.15, 0.2) is 0 Å². The van der Waals surface area contributed by atoms with Crippen molar-refractivity contribution >= 4 is 17.3 Å². The fourth-order valence-electron chi connectivity index (χ4n) is 4.52. The fourth-order valence-corrected chi connectivity index (χ4v) is 4.64. The normalized spacial score (nSPS) is 22.5. The molecule has 3 heterocycles. The first kappa shape index (κ1) is 19.1. The van der Waals surface area contributed by atoms with Crippen molar-refractivity contribution in [1.82, 2.24) is 14.8 Å². The molecule has 0 bridgehead atoms. The van der Waals surface area contributed by atoms with Gasteiger partial charge in [0.25, 0.3) is 0 Å². The summed E-state index contributed by atoms with van der Waals surface area (Å²) in [6.07, 6.45) is 5.89. The third kappa shape index (κ3) is 3.45. The zero-order valence-corrected chi connectivity index (χ0v) is 17.9. The zero-order valence-electron chi connectivity index (χ0n) is 17.2. The van der Waals surface area contributed by atoms with Gasteiger partial charge in [-0.05, 0) is 59.9 Å². The molecule has 154 valence electrons. The fraction of sp³-hybridized carbons (Fsp3) is 0.348. The first-order chi connectivity index (χ1) is 14.6. The number of nitrogens with one attached hydrogen (secondary N) is 1. The molecular formula is C23H25ClN6. The third-order valence-electron chi connectivity index (χ3n) is 6.07. The molecule has 3 unspecified atom stereocenters. The van der Waals surface area contributed by atoms with Crippen molar-refractivity contribution in [2.75, 3.05) is 11.9 Å². The van der Waals surface area contributed by atoms with E-state index < -0.39 is 0 Å². The predicted molar refractivity (Wildman–Crippen MR) is 119 cm³/mol. The van der Waals surface area contributed by atoms with Crippen LogP contribution < -0.4 is 5.32 Å². The summed E-state index contributed by atoms with van der Waals surface area (Å²) in [5.41, 5.74) is 5.99. The van der Waals surface area contributed by atoms with E-state index in [2.05, 4.69) is 57.1 Å². The first-order valence-corrected chi connectivity index (χ1v) is 10.8. The monoisotopic (exact) mass is 420 g/mol. The van der Waals surface area contributed by atoms with Gasteiger partial charge >= 0.3 is 0 Å². The maximum absolute atomic E-state index is 6.08. The summed E-state index contributed by atoms with van der Waals surface area (Å²) in [6.45, 7) is 3.05. The Morgan fingerprint density at radius 3 is 2.67 bits per heavy atom. The van der Waals surface area contributed by atoms with E-state index >= 15 is 0 Å². The SMILES string of the molecule is CCC1N=NN2CCC(Nc3ccc(Cl)cc3)c3cc(-c4cnn(C)c4)ccc3C12. The highest BCUT2D eigenvalue weighted by Gasteiger charge is 2.38. The van der Waals surface area contributed by atoms with Crippen LogP contribution >= 0.6 is 11.6 Å². The smallest absolute Gasteiger partial charge is 0.0988 e. The van der Waals surface area contributed by atoms with Gasteiger partial charge in [-0.1, -0.05) is 35.9 Å². The van der Waals surface area contributed by atoms with Gasteiger partial charge < -0.3 is 5.32 Å². The van der Waals surface area contributed by atoms with Crippen LogP contribution in [0.3, 0.4) is 0 Å². The maximum atomic E-state index is 6.08. The highest BCUT2D eigenvalue weighted by molar-refractivity contribution is 6.30. The summed E-state index contributed by atoms with van der Waals surface area (Å²) in [6, 6.07) is 15.3. The Labute approximate surface area is 181 Å². The Hall–Kier alpha value is -2.86. The lowest BCUT2D eigenvalue weighted by Crippen LogP contribution is -2.26. The number of rotatable bonds is 4. The van der Waals surface area contributed by atoms with Crippen molar-refractivity contribution in [3.63, 3.8) is 0 Å². The number of aryl methyl sites for hydroxylation is 1. The molecule has 3 atom stereocenters. The molecule has 5 rings (SSSR count). The number of benzene rings is 2. The van der Waals surface area contributed by atoms with Crippen molar-refractivity contribution in [3.05, 3.63) is 71.0 Å². The molecule has 1 aromatic heterocycles. The molecule has 30 heavy (non-hydrogen) atoms. The Kier molecular flexibility index (Phi) is 4.95. The van der Waals surface area contributed by atoms with E-state index in [1.807, 2.05) is 42.2 Å². The second-order valence-electron chi connectivity index (χ2n) is 8.03. The van der Waals surface area contributed by atoms with Crippen molar-refractivity contribution in [2.45, 2.75) is 37.9 Å². The number of fused-ring (bicyclic) bond motifs is 3. The van der Waals surface area contributed by atoms with Crippen LogP contribution in [0.25, 0.3) is 11.1 Å². The van der Waals surface area contributed by atoms with Crippen molar-refractivity contribution < 1.29 is 0 Å². The van der Waals surface area contributed by atoms with Gasteiger partial charge in [-0.15, -0.1) is 0 Å². The Morgan fingerprint density at radius 1 is 1.10 bits per heavy atom. The largest absolute Gasteiger partial charge is 0.378 e.